The third-order valence-corrected chi connectivity index (χ3v) is 3.38. The Hall–Kier alpha value is -1.22. The van der Waals surface area contributed by atoms with Crippen LogP contribution in [-0.2, 0) is 11.2 Å². The second kappa shape index (κ2) is 4.34. The molecule has 0 aromatic carbocycles. The summed E-state index contributed by atoms with van der Waals surface area (Å²) < 4.78 is 0. The van der Waals surface area contributed by atoms with Gasteiger partial charge in [-0.05, 0) is 26.0 Å². The van der Waals surface area contributed by atoms with E-state index in [0.717, 1.165) is 5.69 Å². The summed E-state index contributed by atoms with van der Waals surface area (Å²) in [6, 6.07) is 5.58. The Kier molecular flexibility index (Phi) is 3.48. The average molecular weight is 220 g/mol. The van der Waals surface area contributed by atoms with Crippen molar-refractivity contribution in [3.05, 3.63) is 30.1 Å². The summed E-state index contributed by atoms with van der Waals surface area (Å²) in [4.78, 5) is 16.3. The fraction of sp³-hybridized carbons (Fsp3) is 0.538. The van der Waals surface area contributed by atoms with Gasteiger partial charge in [0.1, 0.15) is 5.78 Å². The van der Waals surface area contributed by atoms with Crippen molar-refractivity contribution < 1.29 is 4.79 Å². The van der Waals surface area contributed by atoms with Crippen LogP contribution in [0.15, 0.2) is 24.4 Å². The Bertz CT molecular complexity index is 363. The van der Waals surface area contributed by atoms with E-state index in [4.69, 9.17) is 5.73 Å². The van der Waals surface area contributed by atoms with E-state index in [9.17, 15) is 4.79 Å². The summed E-state index contributed by atoms with van der Waals surface area (Å²) >= 11 is 0. The predicted octanol–water partition coefficient (Wildman–Crippen LogP) is 1.96. The van der Waals surface area contributed by atoms with E-state index < -0.39 is 11.0 Å². The Morgan fingerprint density at radius 1 is 1.31 bits per heavy atom. The molecule has 0 saturated heterocycles. The van der Waals surface area contributed by atoms with Crippen LogP contribution in [0.3, 0.4) is 0 Å². The molecule has 3 heteroatoms. The lowest BCUT2D eigenvalue weighted by Crippen LogP contribution is -2.52. The van der Waals surface area contributed by atoms with Gasteiger partial charge in [-0.15, -0.1) is 0 Å². The highest BCUT2D eigenvalue weighted by Crippen LogP contribution is 2.30. The van der Waals surface area contributed by atoms with Crippen LogP contribution in [0.1, 0.15) is 33.4 Å². The molecule has 3 nitrogen and oxygen atoms in total. The second-order valence-electron chi connectivity index (χ2n) is 5.27. The molecule has 0 aliphatic rings. The largest absolute Gasteiger partial charge is 0.325 e. The maximum atomic E-state index is 12.2. The maximum Gasteiger partial charge on any atom is 0.146 e. The predicted molar refractivity (Wildman–Crippen MR) is 65.0 cm³/mol. The normalized spacial score (nSPS) is 12.6. The molecule has 0 bridgehead atoms. The van der Waals surface area contributed by atoms with Crippen LogP contribution >= 0.6 is 0 Å². The fourth-order valence-electron chi connectivity index (χ4n) is 1.25. The fourth-order valence-corrected chi connectivity index (χ4v) is 1.25. The van der Waals surface area contributed by atoms with Gasteiger partial charge in [-0.2, -0.15) is 0 Å². The molecule has 0 radical (unpaired) electrons. The Labute approximate surface area is 97.1 Å². The minimum Gasteiger partial charge on any atom is -0.325 e. The first kappa shape index (κ1) is 12.8. The van der Waals surface area contributed by atoms with Crippen LogP contribution in [0.25, 0.3) is 0 Å². The summed E-state index contributed by atoms with van der Waals surface area (Å²) in [5.41, 5.74) is 5.74. The summed E-state index contributed by atoms with van der Waals surface area (Å²) in [5, 5.41) is 0. The van der Waals surface area contributed by atoms with E-state index in [1.807, 2.05) is 45.9 Å². The van der Waals surface area contributed by atoms with Gasteiger partial charge in [-0.1, -0.05) is 19.9 Å². The SMILES string of the molecule is CC(C)(N)C(C)(C)C(=O)Cc1ccccn1. The number of nitrogens with two attached hydrogens (primary N) is 1. The standard InChI is InChI=1S/C13H20N2O/c1-12(2,13(3,4)14)11(16)9-10-7-5-6-8-15-10/h5-8H,9,14H2,1-4H3. The molecule has 0 spiro atoms. The number of nitrogens with zero attached hydrogens (tertiary/aromatic N) is 1. The third kappa shape index (κ3) is 2.67. The van der Waals surface area contributed by atoms with Gasteiger partial charge in [0.15, 0.2) is 0 Å². The van der Waals surface area contributed by atoms with Crippen LogP contribution in [0, 0.1) is 5.41 Å². The molecule has 0 unspecified atom stereocenters. The molecule has 0 aliphatic carbocycles. The monoisotopic (exact) mass is 220 g/mol. The van der Waals surface area contributed by atoms with Crippen LogP contribution in [0.4, 0.5) is 0 Å². The molecule has 1 aromatic rings. The van der Waals surface area contributed by atoms with Crippen molar-refractivity contribution >= 4 is 5.78 Å². The molecular formula is C13H20N2O. The van der Waals surface area contributed by atoms with Crippen molar-refractivity contribution in [1.82, 2.24) is 4.98 Å². The van der Waals surface area contributed by atoms with Crippen molar-refractivity contribution in [2.24, 2.45) is 11.1 Å². The molecule has 2 N–H and O–H groups in total. The Morgan fingerprint density at radius 2 is 1.94 bits per heavy atom. The van der Waals surface area contributed by atoms with Gasteiger partial charge in [0.05, 0.1) is 0 Å². The van der Waals surface area contributed by atoms with Crippen molar-refractivity contribution in [2.45, 2.75) is 39.7 Å². The lowest BCUT2D eigenvalue weighted by molar-refractivity contribution is -0.129. The summed E-state index contributed by atoms with van der Waals surface area (Å²) in [6.07, 6.45) is 2.04. The number of pyridine rings is 1. The van der Waals surface area contributed by atoms with Gasteiger partial charge in [0.25, 0.3) is 0 Å². The van der Waals surface area contributed by atoms with Crippen molar-refractivity contribution in [2.75, 3.05) is 0 Å². The Morgan fingerprint density at radius 3 is 2.38 bits per heavy atom. The zero-order valence-corrected chi connectivity index (χ0v) is 10.4. The number of carbonyl (C=O) groups is 1. The quantitative estimate of drug-likeness (QED) is 0.843. The molecule has 1 rings (SSSR count). The van der Waals surface area contributed by atoms with Gasteiger partial charge < -0.3 is 5.73 Å². The van der Waals surface area contributed by atoms with E-state index in [2.05, 4.69) is 4.98 Å². The molecule has 0 atom stereocenters. The zero-order valence-electron chi connectivity index (χ0n) is 10.4. The van der Waals surface area contributed by atoms with E-state index in [1.54, 1.807) is 6.20 Å². The molecular weight excluding hydrogens is 200 g/mol. The number of Topliss-reactive ketones (excluding diaryl/α,β-unsaturated/α-hetero) is 1. The van der Waals surface area contributed by atoms with Gasteiger partial charge >= 0.3 is 0 Å². The van der Waals surface area contributed by atoms with Crippen molar-refractivity contribution in [3.8, 4) is 0 Å². The first-order chi connectivity index (χ1) is 7.25. The van der Waals surface area contributed by atoms with Gasteiger partial charge in [-0.25, -0.2) is 0 Å². The van der Waals surface area contributed by atoms with E-state index in [1.165, 1.54) is 0 Å². The van der Waals surface area contributed by atoms with Crippen LogP contribution in [0.2, 0.25) is 0 Å². The third-order valence-electron chi connectivity index (χ3n) is 3.38. The minimum absolute atomic E-state index is 0.124. The molecule has 1 heterocycles. The highest BCUT2D eigenvalue weighted by molar-refractivity contribution is 5.87. The molecule has 0 amide bonds. The van der Waals surface area contributed by atoms with Crippen LogP contribution < -0.4 is 5.73 Å². The van der Waals surface area contributed by atoms with E-state index in [0.29, 0.717) is 6.42 Å². The van der Waals surface area contributed by atoms with Crippen molar-refractivity contribution in [1.29, 1.82) is 0 Å². The molecule has 16 heavy (non-hydrogen) atoms. The number of ketones is 1. The lowest BCUT2D eigenvalue weighted by atomic mass is 9.71. The number of carbonyl (C=O) groups excluding carboxylic acids is 1. The van der Waals surface area contributed by atoms with E-state index >= 15 is 0 Å². The highest BCUT2D eigenvalue weighted by atomic mass is 16.1. The summed E-state index contributed by atoms with van der Waals surface area (Å²) in [6.45, 7) is 7.53. The molecule has 88 valence electrons. The molecule has 0 saturated carbocycles. The molecule has 0 aliphatic heterocycles. The van der Waals surface area contributed by atoms with Gasteiger partial charge in [-0.3, -0.25) is 9.78 Å². The zero-order chi connectivity index (χ0) is 12.4. The molecule has 0 fully saturated rings. The lowest BCUT2D eigenvalue weighted by Gasteiger charge is -2.37. The van der Waals surface area contributed by atoms with Gasteiger partial charge in [0.2, 0.25) is 0 Å². The first-order valence-electron chi connectivity index (χ1n) is 5.47. The van der Waals surface area contributed by atoms with Crippen LogP contribution in [0.5, 0.6) is 0 Å². The smallest absolute Gasteiger partial charge is 0.146 e. The number of hydrogen-bond acceptors (Lipinski definition) is 3. The highest BCUT2D eigenvalue weighted by Gasteiger charge is 2.39. The first-order valence-corrected chi connectivity index (χ1v) is 5.47. The minimum atomic E-state index is -0.551. The summed E-state index contributed by atoms with van der Waals surface area (Å²) in [5.74, 6) is 0.124. The topological polar surface area (TPSA) is 56.0 Å². The maximum absolute atomic E-state index is 12.2. The van der Waals surface area contributed by atoms with Crippen molar-refractivity contribution in [3.63, 3.8) is 0 Å². The number of aromatic nitrogens is 1. The second-order valence-corrected chi connectivity index (χ2v) is 5.27. The van der Waals surface area contributed by atoms with E-state index in [-0.39, 0.29) is 5.78 Å². The number of hydrogen-bond donors (Lipinski definition) is 1. The van der Waals surface area contributed by atoms with Gasteiger partial charge in [0, 0.05) is 29.3 Å². The Balaban J connectivity index is 2.81. The average Bonchev–Trinajstić information content (AvgIpc) is 2.17. The molecule has 1 aromatic heterocycles. The van der Waals surface area contributed by atoms with Crippen LogP contribution in [-0.4, -0.2) is 16.3 Å². The number of rotatable bonds is 4. The summed E-state index contributed by atoms with van der Waals surface area (Å²) in [7, 11) is 0.